The van der Waals surface area contributed by atoms with Gasteiger partial charge in [-0.05, 0) is 55.6 Å². The molecule has 0 bridgehead atoms. The van der Waals surface area contributed by atoms with Crippen LogP contribution in [-0.2, 0) is 14.4 Å². The lowest BCUT2D eigenvalue weighted by molar-refractivity contribution is -0.127. The number of halogens is 2. The smallest absolute Gasteiger partial charge is 0.271 e. The van der Waals surface area contributed by atoms with Gasteiger partial charge in [0.15, 0.2) is 0 Å². The van der Waals surface area contributed by atoms with Crippen molar-refractivity contribution in [3.63, 3.8) is 0 Å². The fourth-order valence-electron chi connectivity index (χ4n) is 2.82. The Labute approximate surface area is 172 Å². The van der Waals surface area contributed by atoms with E-state index in [1.54, 1.807) is 0 Å². The van der Waals surface area contributed by atoms with Gasteiger partial charge in [-0.3, -0.25) is 14.4 Å². The standard InChI is InChI=1S/C20H24F2N2O3/c1-27-24-20(26)15-9-5-8-14(15)19(25)23-18-16(21)10-13(11-17(18)22)12-6-3-2-4-7-12/h10-12H,2-9H2,1H3,(H,23,25)(H,24,26)/i2D2,3D2,4D2,6D2,7D2,12D. The lowest BCUT2D eigenvalue weighted by Crippen LogP contribution is -2.26. The zero-order chi connectivity index (χ0) is 29.3. The summed E-state index contributed by atoms with van der Waals surface area (Å²) in [5, 5.41) is 1.95. The van der Waals surface area contributed by atoms with Crippen LogP contribution in [0.4, 0.5) is 14.5 Å². The first-order valence-corrected chi connectivity index (χ1v) is 8.01. The molecule has 2 aliphatic carbocycles. The summed E-state index contributed by atoms with van der Waals surface area (Å²) in [7, 11) is 1.17. The third kappa shape index (κ3) is 4.35. The quantitative estimate of drug-likeness (QED) is 0.745. The molecule has 0 heterocycles. The van der Waals surface area contributed by atoms with Crippen molar-refractivity contribution in [2.45, 2.75) is 57.0 Å². The minimum Gasteiger partial charge on any atom is -0.317 e. The molecule has 0 radical (unpaired) electrons. The molecule has 0 aromatic heterocycles. The first kappa shape index (κ1) is 9.78. The summed E-state index contributed by atoms with van der Waals surface area (Å²) in [4.78, 5) is 29.3. The van der Waals surface area contributed by atoms with E-state index in [2.05, 4.69) is 4.84 Å². The van der Waals surface area contributed by atoms with E-state index in [4.69, 9.17) is 15.1 Å². The highest BCUT2D eigenvalue weighted by molar-refractivity contribution is 6.10. The van der Waals surface area contributed by atoms with Crippen molar-refractivity contribution in [2.75, 3.05) is 12.4 Å². The molecular formula is C20H24F2N2O3. The maximum absolute atomic E-state index is 15.1. The number of hydroxylamine groups is 1. The predicted octanol–water partition coefficient (Wildman–Crippen LogP) is 4.11. The van der Waals surface area contributed by atoms with E-state index in [-0.39, 0.29) is 36.1 Å². The van der Waals surface area contributed by atoms with Gasteiger partial charge in [-0.2, -0.15) is 0 Å². The fraction of sp³-hybridized carbons (Fsp3) is 0.500. The number of rotatable bonds is 5. The summed E-state index contributed by atoms with van der Waals surface area (Å²) in [5.74, 6) is -8.72. The Morgan fingerprint density at radius 1 is 1.11 bits per heavy atom. The molecule has 1 aromatic carbocycles. The molecule has 3 rings (SSSR count). The Balaban J connectivity index is 2.12. The fourth-order valence-corrected chi connectivity index (χ4v) is 2.82. The summed E-state index contributed by atoms with van der Waals surface area (Å²) in [5.41, 5.74) is -0.276. The largest absolute Gasteiger partial charge is 0.317 e. The van der Waals surface area contributed by atoms with E-state index in [9.17, 15) is 9.59 Å². The third-order valence-corrected chi connectivity index (χ3v) is 4.03. The van der Waals surface area contributed by atoms with Crippen LogP contribution in [0.25, 0.3) is 0 Å². The van der Waals surface area contributed by atoms with Gasteiger partial charge in [0.2, 0.25) is 0 Å². The number of hydrogen-bond acceptors (Lipinski definition) is 3. The lowest BCUT2D eigenvalue weighted by atomic mass is 9.84. The van der Waals surface area contributed by atoms with Gasteiger partial charge in [-0.25, -0.2) is 14.3 Å². The molecule has 7 heteroatoms. The van der Waals surface area contributed by atoms with Crippen molar-refractivity contribution in [2.24, 2.45) is 0 Å². The monoisotopic (exact) mass is 389 g/mol. The predicted molar refractivity (Wildman–Crippen MR) is 96.8 cm³/mol. The second-order valence-corrected chi connectivity index (χ2v) is 5.71. The first-order chi connectivity index (χ1) is 17.1. The van der Waals surface area contributed by atoms with Gasteiger partial charge in [0.1, 0.15) is 17.3 Å². The third-order valence-electron chi connectivity index (χ3n) is 4.03. The van der Waals surface area contributed by atoms with E-state index in [1.165, 1.54) is 7.11 Å². The molecule has 2 amide bonds. The molecule has 0 atom stereocenters. The highest BCUT2D eigenvalue weighted by Crippen LogP contribution is 2.35. The number of nitrogens with one attached hydrogen (secondary N) is 2. The van der Waals surface area contributed by atoms with Crippen molar-refractivity contribution in [3.8, 4) is 0 Å². The maximum atomic E-state index is 15.1. The zero-order valence-electron chi connectivity index (χ0n) is 25.3. The van der Waals surface area contributed by atoms with E-state index >= 15 is 8.78 Å². The van der Waals surface area contributed by atoms with Gasteiger partial charge in [-0.1, -0.05) is 19.1 Å². The van der Waals surface area contributed by atoms with Crippen LogP contribution in [0, 0.1) is 11.6 Å². The van der Waals surface area contributed by atoms with Crippen molar-refractivity contribution >= 4 is 17.5 Å². The van der Waals surface area contributed by atoms with Gasteiger partial charge >= 0.3 is 0 Å². The number of amides is 2. The Morgan fingerprint density at radius 3 is 2.30 bits per heavy atom. The molecule has 2 aliphatic rings. The Morgan fingerprint density at radius 2 is 1.70 bits per heavy atom. The number of carbonyl (C=O) groups excluding carboxylic acids is 2. The molecule has 2 N–H and O–H groups in total. The number of anilines is 1. The van der Waals surface area contributed by atoms with E-state index in [0.29, 0.717) is 6.42 Å². The van der Waals surface area contributed by atoms with Crippen molar-refractivity contribution < 1.29 is 38.3 Å². The van der Waals surface area contributed by atoms with Gasteiger partial charge in [-0.15, -0.1) is 0 Å². The van der Waals surface area contributed by atoms with E-state index < -0.39 is 72.5 Å². The Hall–Kier alpha value is -2.28. The van der Waals surface area contributed by atoms with E-state index in [1.807, 2.05) is 10.8 Å². The zero-order valence-corrected chi connectivity index (χ0v) is 14.3. The first-order valence-electron chi connectivity index (χ1n) is 13.5. The number of hydrogen-bond donors (Lipinski definition) is 2. The average molecular weight is 389 g/mol. The summed E-state index contributed by atoms with van der Waals surface area (Å²) < 4.78 is 119. The van der Waals surface area contributed by atoms with Crippen molar-refractivity contribution in [1.29, 1.82) is 0 Å². The molecule has 0 spiro atoms. The molecule has 5 nitrogen and oxygen atoms in total. The second kappa shape index (κ2) is 8.61. The lowest BCUT2D eigenvalue weighted by Gasteiger charge is -2.22. The molecule has 146 valence electrons. The van der Waals surface area contributed by atoms with Gasteiger partial charge in [0, 0.05) is 26.2 Å². The molecule has 1 aromatic rings. The molecule has 0 saturated heterocycles. The summed E-state index contributed by atoms with van der Waals surface area (Å²) >= 11 is 0. The molecule has 1 fully saturated rings. The molecular weight excluding hydrogens is 354 g/mol. The van der Waals surface area contributed by atoms with Crippen LogP contribution in [0.5, 0.6) is 0 Å². The van der Waals surface area contributed by atoms with Crippen LogP contribution in [-0.4, -0.2) is 18.9 Å². The summed E-state index contributed by atoms with van der Waals surface area (Å²) in [6.07, 6.45) is -18.5. The van der Waals surface area contributed by atoms with Crippen molar-refractivity contribution in [3.05, 3.63) is 40.5 Å². The van der Waals surface area contributed by atoms with Crippen LogP contribution in [0.15, 0.2) is 23.3 Å². The molecule has 1 saturated carbocycles. The van der Waals surface area contributed by atoms with E-state index in [0.717, 1.165) is 0 Å². The van der Waals surface area contributed by atoms with Crippen LogP contribution in [0.2, 0.25) is 0 Å². The number of carbonyl (C=O) groups is 2. The van der Waals surface area contributed by atoms with Crippen LogP contribution >= 0.6 is 0 Å². The molecule has 0 aliphatic heterocycles. The number of benzene rings is 1. The highest BCUT2D eigenvalue weighted by atomic mass is 19.1. The minimum atomic E-state index is -3.86. The van der Waals surface area contributed by atoms with Gasteiger partial charge < -0.3 is 5.32 Å². The van der Waals surface area contributed by atoms with Gasteiger partial charge in [0.05, 0.1) is 7.11 Å². The molecule has 0 unspecified atom stereocenters. The van der Waals surface area contributed by atoms with Crippen LogP contribution in [0.3, 0.4) is 0 Å². The summed E-state index contributed by atoms with van der Waals surface area (Å²) in [6, 6.07) is 0.520. The van der Waals surface area contributed by atoms with Gasteiger partial charge in [0.25, 0.3) is 11.8 Å². The second-order valence-electron chi connectivity index (χ2n) is 5.71. The van der Waals surface area contributed by atoms with Crippen molar-refractivity contribution in [1.82, 2.24) is 5.48 Å². The SMILES string of the molecule is [2H]C1([2H])C([2H])([2H])C([2H])([2H])C([2H])(c2cc(F)c(NC(=O)C3=C(C(=O)NOC)CCC3)c(F)c2)C([2H])([2H])C1([2H])[2H]. The normalized spacial score (nSPS) is 34.4. The Kier molecular flexibility index (Phi) is 3.12. The van der Waals surface area contributed by atoms with Crippen LogP contribution < -0.4 is 10.8 Å². The Bertz CT molecular complexity index is 1170. The van der Waals surface area contributed by atoms with Crippen LogP contribution in [0.1, 0.15) is 77.7 Å². The molecule has 27 heavy (non-hydrogen) atoms. The maximum Gasteiger partial charge on any atom is 0.271 e. The average Bonchev–Trinajstić information content (AvgIpc) is 3.29. The minimum absolute atomic E-state index is 0.0224. The topological polar surface area (TPSA) is 67.4 Å². The highest BCUT2D eigenvalue weighted by Gasteiger charge is 2.27. The summed E-state index contributed by atoms with van der Waals surface area (Å²) in [6.45, 7) is 0.